The van der Waals surface area contributed by atoms with E-state index in [0.717, 1.165) is 10.5 Å². The molecule has 1 heterocycles. The predicted octanol–water partition coefficient (Wildman–Crippen LogP) is 1.41. The first-order chi connectivity index (χ1) is 13.8. The van der Waals surface area contributed by atoms with Crippen LogP contribution in [0.1, 0.15) is 18.4 Å². The lowest BCUT2D eigenvalue weighted by molar-refractivity contribution is -0.154. The lowest BCUT2D eigenvalue weighted by atomic mass is 9.96. The molecular formula is C20H27N3O6. The number of piperidine rings is 1. The summed E-state index contributed by atoms with van der Waals surface area (Å²) in [7, 11) is 2.42. The Kier molecular flexibility index (Phi) is 7.99. The number of urea groups is 1. The molecule has 1 aliphatic heterocycles. The Morgan fingerprint density at radius 2 is 1.79 bits per heavy atom. The van der Waals surface area contributed by atoms with Gasteiger partial charge in [0.25, 0.3) is 0 Å². The SMILES string of the molecule is COC(=O)CN(CC(=O)OC)C(=O)C1CCCN(C(=O)Nc2cccc(C)c2)C1. The number of ether oxygens (including phenoxy) is 2. The number of nitrogens with one attached hydrogen (secondary N) is 1. The van der Waals surface area contributed by atoms with Crippen LogP contribution in [0.5, 0.6) is 0 Å². The van der Waals surface area contributed by atoms with Crippen molar-refractivity contribution < 1.29 is 28.7 Å². The molecule has 1 aromatic carbocycles. The first-order valence-corrected chi connectivity index (χ1v) is 9.39. The summed E-state index contributed by atoms with van der Waals surface area (Å²) in [6.07, 6.45) is 1.20. The molecule has 3 amide bonds. The summed E-state index contributed by atoms with van der Waals surface area (Å²) in [4.78, 5) is 51.5. The molecule has 158 valence electrons. The van der Waals surface area contributed by atoms with E-state index < -0.39 is 17.9 Å². The molecule has 1 saturated heterocycles. The highest BCUT2D eigenvalue weighted by atomic mass is 16.5. The van der Waals surface area contributed by atoms with E-state index in [2.05, 4.69) is 14.8 Å². The molecule has 9 heteroatoms. The number of rotatable bonds is 6. The van der Waals surface area contributed by atoms with Crippen molar-refractivity contribution >= 4 is 29.6 Å². The Hall–Kier alpha value is -3.10. The Labute approximate surface area is 169 Å². The summed E-state index contributed by atoms with van der Waals surface area (Å²) >= 11 is 0. The van der Waals surface area contributed by atoms with E-state index >= 15 is 0 Å². The van der Waals surface area contributed by atoms with E-state index in [0.29, 0.717) is 25.1 Å². The van der Waals surface area contributed by atoms with Crippen LogP contribution < -0.4 is 5.32 Å². The molecule has 2 rings (SSSR count). The highest BCUT2D eigenvalue weighted by Crippen LogP contribution is 2.20. The number of anilines is 1. The minimum Gasteiger partial charge on any atom is -0.468 e. The summed E-state index contributed by atoms with van der Waals surface area (Å²) in [6.45, 7) is 1.96. The molecule has 0 aromatic heterocycles. The quantitative estimate of drug-likeness (QED) is 0.718. The van der Waals surface area contributed by atoms with Gasteiger partial charge in [-0.25, -0.2) is 4.79 Å². The van der Waals surface area contributed by atoms with Gasteiger partial charge in [-0.05, 0) is 37.5 Å². The van der Waals surface area contributed by atoms with Gasteiger partial charge in [0.05, 0.1) is 20.1 Å². The maximum absolute atomic E-state index is 12.9. The summed E-state index contributed by atoms with van der Waals surface area (Å²) in [5.41, 5.74) is 1.71. The maximum Gasteiger partial charge on any atom is 0.325 e. The van der Waals surface area contributed by atoms with Crippen LogP contribution in [0.3, 0.4) is 0 Å². The van der Waals surface area contributed by atoms with Gasteiger partial charge in [0.1, 0.15) is 13.1 Å². The number of esters is 2. The van der Waals surface area contributed by atoms with E-state index in [1.807, 2.05) is 25.1 Å². The normalized spacial score (nSPS) is 16.0. The molecular weight excluding hydrogens is 378 g/mol. The number of methoxy groups -OCH3 is 2. The topological polar surface area (TPSA) is 105 Å². The molecule has 1 fully saturated rings. The molecule has 1 N–H and O–H groups in total. The van der Waals surface area contributed by atoms with Crippen LogP contribution in [0.25, 0.3) is 0 Å². The van der Waals surface area contributed by atoms with Crippen LogP contribution in [-0.4, -0.2) is 74.1 Å². The Bertz CT molecular complexity index is 748. The number of amides is 3. The summed E-state index contributed by atoms with van der Waals surface area (Å²) in [6, 6.07) is 7.15. The Morgan fingerprint density at radius 1 is 1.14 bits per heavy atom. The van der Waals surface area contributed by atoms with Crippen LogP contribution in [0, 0.1) is 12.8 Å². The summed E-state index contributed by atoms with van der Waals surface area (Å²) < 4.78 is 9.22. The molecule has 0 spiro atoms. The molecule has 1 atom stereocenters. The largest absolute Gasteiger partial charge is 0.468 e. The molecule has 1 aliphatic rings. The molecule has 0 saturated carbocycles. The molecule has 29 heavy (non-hydrogen) atoms. The number of hydrogen-bond donors (Lipinski definition) is 1. The average molecular weight is 405 g/mol. The lowest BCUT2D eigenvalue weighted by Gasteiger charge is -2.34. The Morgan fingerprint density at radius 3 is 2.38 bits per heavy atom. The van der Waals surface area contributed by atoms with Crippen molar-refractivity contribution in [3.05, 3.63) is 29.8 Å². The fraction of sp³-hybridized carbons (Fsp3) is 0.500. The van der Waals surface area contributed by atoms with Gasteiger partial charge < -0.3 is 24.6 Å². The average Bonchev–Trinajstić information content (AvgIpc) is 2.72. The number of likely N-dealkylation sites (tertiary alicyclic amines) is 1. The van der Waals surface area contributed by atoms with Gasteiger partial charge in [-0.2, -0.15) is 0 Å². The van der Waals surface area contributed by atoms with Crippen molar-refractivity contribution in [3.63, 3.8) is 0 Å². The van der Waals surface area contributed by atoms with Crippen LogP contribution in [0.4, 0.5) is 10.5 Å². The van der Waals surface area contributed by atoms with Crippen molar-refractivity contribution in [1.82, 2.24) is 9.80 Å². The molecule has 9 nitrogen and oxygen atoms in total. The summed E-state index contributed by atoms with van der Waals surface area (Å²) in [5.74, 6) is -2.16. The molecule has 0 bridgehead atoms. The zero-order chi connectivity index (χ0) is 21.4. The molecule has 0 aliphatic carbocycles. The van der Waals surface area contributed by atoms with Crippen molar-refractivity contribution in [2.45, 2.75) is 19.8 Å². The van der Waals surface area contributed by atoms with E-state index in [4.69, 9.17) is 0 Å². The van der Waals surface area contributed by atoms with Gasteiger partial charge in [-0.15, -0.1) is 0 Å². The number of nitrogens with zero attached hydrogens (tertiary/aromatic N) is 2. The van der Waals surface area contributed by atoms with Crippen molar-refractivity contribution in [2.75, 3.05) is 45.7 Å². The second-order valence-electron chi connectivity index (χ2n) is 6.93. The Balaban J connectivity index is 2.04. The van der Waals surface area contributed by atoms with Crippen LogP contribution in [0.15, 0.2) is 24.3 Å². The number of benzene rings is 1. The van der Waals surface area contributed by atoms with E-state index in [1.54, 1.807) is 11.0 Å². The van der Waals surface area contributed by atoms with E-state index in [-0.39, 0.29) is 31.6 Å². The van der Waals surface area contributed by atoms with Crippen molar-refractivity contribution in [2.24, 2.45) is 5.92 Å². The lowest BCUT2D eigenvalue weighted by Crippen LogP contribution is -2.50. The number of carbonyl (C=O) groups is 4. The fourth-order valence-corrected chi connectivity index (χ4v) is 3.20. The van der Waals surface area contributed by atoms with Gasteiger partial charge in [0, 0.05) is 18.8 Å². The van der Waals surface area contributed by atoms with E-state index in [9.17, 15) is 19.2 Å². The predicted molar refractivity (Wildman–Crippen MR) is 105 cm³/mol. The van der Waals surface area contributed by atoms with Crippen molar-refractivity contribution in [1.29, 1.82) is 0 Å². The standard InChI is InChI=1S/C20H27N3O6/c1-14-6-4-8-16(10-14)21-20(27)22-9-5-7-15(11-22)19(26)23(12-17(24)28-2)13-18(25)29-3/h4,6,8,10,15H,5,7,9,11-13H2,1-3H3,(H,21,27). The third kappa shape index (κ3) is 6.48. The highest BCUT2D eigenvalue weighted by molar-refractivity contribution is 5.91. The van der Waals surface area contributed by atoms with E-state index in [1.165, 1.54) is 14.2 Å². The van der Waals surface area contributed by atoms with Gasteiger partial charge >= 0.3 is 18.0 Å². The minimum atomic E-state index is -0.632. The fourth-order valence-electron chi connectivity index (χ4n) is 3.20. The smallest absolute Gasteiger partial charge is 0.325 e. The minimum absolute atomic E-state index is 0.204. The van der Waals surface area contributed by atoms with Gasteiger partial charge in [0.15, 0.2) is 0 Å². The van der Waals surface area contributed by atoms with Crippen molar-refractivity contribution in [3.8, 4) is 0 Å². The monoisotopic (exact) mass is 405 g/mol. The summed E-state index contributed by atoms with van der Waals surface area (Å²) in [5, 5.41) is 2.84. The highest BCUT2D eigenvalue weighted by Gasteiger charge is 2.33. The second-order valence-corrected chi connectivity index (χ2v) is 6.93. The van der Waals surface area contributed by atoms with Gasteiger partial charge in [-0.3, -0.25) is 14.4 Å². The third-order valence-electron chi connectivity index (χ3n) is 4.73. The number of aryl methyl sites for hydroxylation is 1. The van der Waals surface area contributed by atoms with Gasteiger partial charge in [-0.1, -0.05) is 12.1 Å². The first kappa shape index (κ1) is 22.2. The zero-order valence-corrected chi connectivity index (χ0v) is 17.0. The number of hydrogen-bond acceptors (Lipinski definition) is 6. The van der Waals surface area contributed by atoms with Crippen LogP contribution in [-0.2, 0) is 23.9 Å². The maximum atomic E-state index is 12.9. The molecule has 1 unspecified atom stereocenters. The first-order valence-electron chi connectivity index (χ1n) is 9.39. The van der Waals surface area contributed by atoms with Crippen LogP contribution in [0.2, 0.25) is 0 Å². The van der Waals surface area contributed by atoms with Crippen LogP contribution >= 0.6 is 0 Å². The molecule has 1 aromatic rings. The second kappa shape index (κ2) is 10.4. The molecule has 0 radical (unpaired) electrons. The zero-order valence-electron chi connectivity index (χ0n) is 17.0. The third-order valence-corrected chi connectivity index (χ3v) is 4.73. The van der Waals surface area contributed by atoms with Gasteiger partial charge in [0.2, 0.25) is 5.91 Å². The number of carbonyl (C=O) groups excluding carboxylic acids is 4.